The number of aromatic nitrogens is 1. The lowest BCUT2D eigenvalue weighted by Crippen LogP contribution is -2.49. The molecule has 1 aromatic rings. The van der Waals surface area contributed by atoms with Gasteiger partial charge in [0.05, 0.1) is 11.8 Å². The van der Waals surface area contributed by atoms with Crippen LogP contribution in [0.15, 0.2) is 46.4 Å². The van der Waals surface area contributed by atoms with E-state index in [1.807, 2.05) is 19.1 Å². The van der Waals surface area contributed by atoms with E-state index in [9.17, 15) is 4.79 Å². The van der Waals surface area contributed by atoms with Crippen LogP contribution in [0.3, 0.4) is 0 Å². The molecule has 2 aliphatic rings. The maximum atomic E-state index is 12.2. The Kier molecular flexibility index (Phi) is 3.15. The van der Waals surface area contributed by atoms with Crippen LogP contribution in [0.4, 0.5) is 5.82 Å². The molecule has 1 saturated carbocycles. The van der Waals surface area contributed by atoms with Gasteiger partial charge in [-0.2, -0.15) is 5.11 Å². The van der Waals surface area contributed by atoms with Gasteiger partial charge in [0.2, 0.25) is 0 Å². The summed E-state index contributed by atoms with van der Waals surface area (Å²) in [7, 11) is 0. The topological polar surface area (TPSA) is 63.9 Å². The number of azo groups is 1. The highest BCUT2D eigenvalue weighted by atomic mass is 16.6. The second kappa shape index (κ2) is 4.76. The number of pyridine rings is 1. The van der Waals surface area contributed by atoms with Crippen LogP contribution in [0.25, 0.3) is 0 Å². The summed E-state index contributed by atoms with van der Waals surface area (Å²) in [5.41, 5.74) is 0.173. The molecule has 3 rings (SSSR count). The van der Waals surface area contributed by atoms with Crippen molar-refractivity contribution in [2.75, 3.05) is 0 Å². The normalized spacial score (nSPS) is 32.6. The molecular weight excluding hydrogens is 266 g/mol. The fourth-order valence-corrected chi connectivity index (χ4v) is 3.31. The van der Waals surface area contributed by atoms with Crippen LogP contribution in [0.1, 0.15) is 33.6 Å². The predicted molar refractivity (Wildman–Crippen MR) is 77.8 cm³/mol. The standard InChI is InChI=1S/C16H19N3O2/c1-15(2)12-7-8-16(15,3)21-14(20)11(12)10-18-19-13-6-4-5-9-17-13/h4-6,9-10,12H,7-8H2,1-3H3/b11-10-,19-18?/t12-,16-/m1/s1. The van der Waals surface area contributed by atoms with E-state index in [1.54, 1.807) is 12.3 Å². The lowest BCUT2D eigenvalue weighted by molar-refractivity contribution is -0.172. The predicted octanol–water partition coefficient (Wildman–Crippen LogP) is 3.80. The van der Waals surface area contributed by atoms with Crippen LogP contribution >= 0.6 is 0 Å². The Hall–Kier alpha value is -2.04. The van der Waals surface area contributed by atoms with Gasteiger partial charge >= 0.3 is 5.97 Å². The molecule has 2 heterocycles. The third kappa shape index (κ3) is 2.17. The van der Waals surface area contributed by atoms with Crippen molar-refractivity contribution in [2.45, 2.75) is 39.2 Å². The molecule has 1 saturated heterocycles. The molecule has 0 spiro atoms. The zero-order valence-corrected chi connectivity index (χ0v) is 12.5. The van der Waals surface area contributed by atoms with Gasteiger partial charge in [-0.05, 0) is 31.9 Å². The molecule has 5 nitrogen and oxygen atoms in total. The van der Waals surface area contributed by atoms with Crippen molar-refractivity contribution in [3.63, 3.8) is 0 Å². The number of rotatable bonds is 2. The number of fused-ring (bicyclic) bond motifs is 2. The molecule has 2 atom stereocenters. The summed E-state index contributed by atoms with van der Waals surface area (Å²) in [6.45, 7) is 6.33. The van der Waals surface area contributed by atoms with Crippen molar-refractivity contribution in [2.24, 2.45) is 21.6 Å². The Balaban J connectivity index is 1.87. The maximum absolute atomic E-state index is 12.2. The minimum atomic E-state index is -0.371. The Morgan fingerprint density at radius 3 is 2.90 bits per heavy atom. The summed E-state index contributed by atoms with van der Waals surface area (Å²) in [5, 5.41) is 8.03. The monoisotopic (exact) mass is 285 g/mol. The van der Waals surface area contributed by atoms with Gasteiger partial charge in [-0.15, -0.1) is 5.11 Å². The average Bonchev–Trinajstić information content (AvgIpc) is 2.58. The van der Waals surface area contributed by atoms with E-state index in [4.69, 9.17) is 4.74 Å². The fourth-order valence-electron chi connectivity index (χ4n) is 3.31. The molecule has 2 bridgehead atoms. The highest BCUT2D eigenvalue weighted by Gasteiger charge is 2.60. The molecule has 5 heteroatoms. The number of hydrogen-bond donors (Lipinski definition) is 0. The first-order valence-electron chi connectivity index (χ1n) is 7.19. The fraction of sp³-hybridized carbons (Fsp3) is 0.500. The molecule has 0 N–H and O–H groups in total. The third-order valence-corrected chi connectivity index (χ3v) is 5.08. The molecule has 110 valence electrons. The van der Waals surface area contributed by atoms with E-state index < -0.39 is 0 Å². The Labute approximate surface area is 124 Å². The van der Waals surface area contributed by atoms with Gasteiger partial charge in [0.25, 0.3) is 0 Å². The second-order valence-corrected chi connectivity index (χ2v) is 6.42. The van der Waals surface area contributed by atoms with Crippen molar-refractivity contribution in [3.05, 3.63) is 36.2 Å². The van der Waals surface area contributed by atoms with Gasteiger partial charge in [-0.25, -0.2) is 9.78 Å². The molecule has 1 aromatic heterocycles. The zero-order valence-electron chi connectivity index (χ0n) is 12.5. The van der Waals surface area contributed by atoms with E-state index in [-0.39, 0.29) is 22.9 Å². The maximum Gasteiger partial charge on any atom is 0.336 e. The van der Waals surface area contributed by atoms with Gasteiger partial charge in [-0.1, -0.05) is 19.9 Å². The SMILES string of the molecule is CC1(C)[C@@H]2CC[C@@]1(C)OC(=O)/C2=C\N=Nc1ccccn1. The van der Waals surface area contributed by atoms with Crippen LogP contribution in [0.5, 0.6) is 0 Å². The van der Waals surface area contributed by atoms with E-state index in [1.165, 1.54) is 6.20 Å². The van der Waals surface area contributed by atoms with Gasteiger partial charge in [0.15, 0.2) is 5.82 Å². The number of ether oxygens (including phenoxy) is 1. The highest BCUT2D eigenvalue weighted by molar-refractivity contribution is 5.91. The van der Waals surface area contributed by atoms with Gasteiger partial charge in [0.1, 0.15) is 5.60 Å². The largest absolute Gasteiger partial charge is 0.455 e. The van der Waals surface area contributed by atoms with Crippen LogP contribution in [0.2, 0.25) is 0 Å². The smallest absolute Gasteiger partial charge is 0.336 e. The van der Waals surface area contributed by atoms with Crippen molar-refractivity contribution in [1.29, 1.82) is 0 Å². The first-order chi connectivity index (χ1) is 9.94. The van der Waals surface area contributed by atoms with Crippen LogP contribution < -0.4 is 0 Å². The van der Waals surface area contributed by atoms with Crippen molar-refractivity contribution < 1.29 is 9.53 Å². The third-order valence-electron chi connectivity index (χ3n) is 5.08. The molecule has 0 unspecified atom stereocenters. The molecule has 0 radical (unpaired) electrons. The molecule has 0 aromatic carbocycles. The second-order valence-electron chi connectivity index (χ2n) is 6.42. The molecule has 1 aliphatic heterocycles. The molecule has 21 heavy (non-hydrogen) atoms. The molecule has 2 fully saturated rings. The zero-order chi connectivity index (χ0) is 15.1. The Morgan fingerprint density at radius 1 is 1.38 bits per heavy atom. The lowest BCUT2D eigenvalue weighted by atomic mass is 9.69. The number of carbonyl (C=O) groups excluding carboxylic acids is 1. The summed E-state index contributed by atoms with van der Waals surface area (Å²) in [4.78, 5) is 16.2. The summed E-state index contributed by atoms with van der Waals surface area (Å²) < 4.78 is 5.67. The lowest BCUT2D eigenvalue weighted by Gasteiger charge is -2.45. The Morgan fingerprint density at radius 2 is 2.19 bits per heavy atom. The minimum absolute atomic E-state index is 0.0761. The summed E-state index contributed by atoms with van der Waals surface area (Å²) >= 11 is 0. The van der Waals surface area contributed by atoms with Crippen molar-refractivity contribution >= 4 is 11.8 Å². The number of hydrogen-bond acceptors (Lipinski definition) is 5. The quantitative estimate of drug-likeness (QED) is 0.471. The Bertz CT molecular complexity index is 622. The van der Waals surface area contributed by atoms with Crippen LogP contribution in [-0.4, -0.2) is 16.6 Å². The number of esters is 1. The molecule has 0 amide bonds. The summed E-state index contributed by atoms with van der Waals surface area (Å²) in [5.74, 6) is 0.430. The van der Waals surface area contributed by atoms with E-state index in [0.717, 1.165) is 12.8 Å². The first-order valence-corrected chi connectivity index (χ1v) is 7.19. The van der Waals surface area contributed by atoms with Crippen molar-refractivity contribution in [1.82, 2.24) is 4.98 Å². The van der Waals surface area contributed by atoms with Crippen LogP contribution in [0, 0.1) is 11.3 Å². The molecule has 1 aliphatic carbocycles. The van der Waals surface area contributed by atoms with Crippen molar-refractivity contribution in [3.8, 4) is 0 Å². The highest BCUT2D eigenvalue weighted by Crippen LogP contribution is 2.58. The minimum Gasteiger partial charge on any atom is -0.455 e. The van der Waals surface area contributed by atoms with E-state index in [0.29, 0.717) is 11.4 Å². The summed E-state index contributed by atoms with van der Waals surface area (Å²) in [6.07, 6.45) is 5.03. The molecular formula is C16H19N3O2. The van der Waals surface area contributed by atoms with Gasteiger partial charge in [-0.3, -0.25) is 0 Å². The van der Waals surface area contributed by atoms with Crippen LogP contribution in [-0.2, 0) is 9.53 Å². The number of nitrogens with zero attached hydrogens (tertiary/aromatic N) is 3. The first kappa shape index (κ1) is 13.9. The summed E-state index contributed by atoms with van der Waals surface area (Å²) in [6, 6.07) is 5.42. The van der Waals surface area contributed by atoms with Gasteiger partial charge < -0.3 is 4.74 Å². The average molecular weight is 285 g/mol. The van der Waals surface area contributed by atoms with E-state index >= 15 is 0 Å². The van der Waals surface area contributed by atoms with Gasteiger partial charge in [0, 0.05) is 17.5 Å². The van der Waals surface area contributed by atoms with E-state index in [2.05, 4.69) is 29.1 Å². The number of carbonyl (C=O) groups is 1.